The van der Waals surface area contributed by atoms with E-state index in [2.05, 4.69) is 81.2 Å². The molecule has 1 rings (SSSR count). The number of carbonyl (C=O) groups is 1. The van der Waals surface area contributed by atoms with E-state index in [-0.39, 0.29) is 52.8 Å². The zero-order valence-electron chi connectivity index (χ0n) is 22.1. The van der Waals surface area contributed by atoms with Crippen LogP contribution in [0.2, 0.25) is 36.3 Å². The molecule has 1 heterocycles. The normalized spacial score (nSPS) is 27.0. The molecule has 1 saturated heterocycles. The van der Waals surface area contributed by atoms with Gasteiger partial charge in [0.25, 0.3) is 0 Å². The molecule has 1 fully saturated rings. The summed E-state index contributed by atoms with van der Waals surface area (Å²) in [4.78, 5) is 12.2. The molecular weight excluding hydrogens is 424 g/mol. The quantitative estimate of drug-likeness (QED) is 0.235. The van der Waals surface area contributed by atoms with Crippen LogP contribution in [0.25, 0.3) is 0 Å². The number of methoxy groups -OCH3 is 1. The molecule has 0 aromatic rings. The third kappa shape index (κ3) is 7.25. The lowest BCUT2D eigenvalue weighted by molar-refractivity contribution is -0.181. The van der Waals surface area contributed by atoms with Gasteiger partial charge in [-0.2, -0.15) is 0 Å². The lowest BCUT2D eigenvalue weighted by Crippen LogP contribution is -2.58. The van der Waals surface area contributed by atoms with E-state index in [1.807, 2.05) is 6.08 Å². The minimum absolute atomic E-state index is 0.0594. The first kappa shape index (κ1) is 28.6. The van der Waals surface area contributed by atoms with Gasteiger partial charge in [-0.3, -0.25) is 4.79 Å². The third-order valence-corrected chi connectivity index (χ3v) is 16.6. The number of rotatable bonds is 8. The van der Waals surface area contributed by atoms with Gasteiger partial charge in [-0.25, -0.2) is 0 Å². The lowest BCUT2D eigenvalue weighted by atomic mass is 9.90. The van der Waals surface area contributed by atoms with Crippen molar-refractivity contribution < 1.29 is 23.1 Å². The highest BCUT2D eigenvalue weighted by molar-refractivity contribution is 6.74. The maximum absolute atomic E-state index is 12.2. The standard InChI is InChI=1S/C24H48O5Si2/c1-14-17(2)22-20(29-31(12,13)24(6,7)8)15-19(18(27-22)16-21(25)26-9)28-30(10,11)23(3,4)5/h14,17-20,22H,1,15-16H2,2-13H3/t17-,18+,19+,20-,22-/m0/s1. The molecule has 0 bridgehead atoms. The number of hydrogen-bond donors (Lipinski definition) is 0. The Morgan fingerprint density at radius 3 is 1.87 bits per heavy atom. The Hall–Kier alpha value is -0.476. The van der Waals surface area contributed by atoms with Crippen LogP contribution in [0.5, 0.6) is 0 Å². The van der Waals surface area contributed by atoms with Crippen LogP contribution in [-0.4, -0.2) is 54.1 Å². The second-order valence-corrected chi connectivity index (χ2v) is 21.6. The van der Waals surface area contributed by atoms with Crippen LogP contribution >= 0.6 is 0 Å². The van der Waals surface area contributed by atoms with Gasteiger partial charge in [-0.05, 0) is 36.3 Å². The SMILES string of the molecule is C=C[C@H](C)[C@@H]1O[C@H](CC(=O)OC)[C@H](O[Si](C)(C)C(C)(C)C)C[C@@H]1O[Si](C)(C)C(C)(C)C. The van der Waals surface area contributed by atoms with Crippen molar-refractivity contribution in [1.82, 2.24) is 0 Å². The molecule has 182 valence electrons. The molecule has 1 aliphatic rings. The smallest absolute Gasteiger partial charge is 0.308 e. The summed E-state index contributed by atoms with van der Waals surface area (Å²) in [5.74, 6) is -0.175. The van der Waals surface area contributed by atoms with E-state index in [4.69, 9.17) is 18.3 Å². The van der Waals surface area contributed by atoms with Gasteiger partial charge in [0.2, 0.25) is 0 Å². The van der Waals surface area contributed by atoms with Crippen molar-refractivity contribution in [2.75, 3.05) is 7.11 Å². The Bertz CT molecular complexity index is 618. The summed E-state index contributed by atoms with van der Waals surface area (Å²) in [6.45, 7) is 28.5. The molecule has 0 aromatic carbocycles. The molecule has 0 saturated carbocycles. The molecule has 0 spiro atoms. The largest absolute Gasteiger partial charge is 0.469 e. The maximum atomic E-state index is 12.2. The molecule has 1 aliphatic heterocycles. The zero-order chi connectivity index (χ0) is 24.4. The van der Waals surface area contributed by atoms with Crippen molar-refractivity contribution in [3.63, 3.8) is 0 Å². The number of ether oxygens (including phenoxy) is 2. The number of carbonyl (C=O) groups excluding carboxylic acids is 1. The van der Waals surface area contributed by atoms with E-state index >= 15 is 0 Å². The Kier molecular flexibility index (Phi) is 9.40. The first-order valence-electron chi connectivity index (χ1n) is 11.6. The minimum atomic E-state index is -2.07. The summed E-state index contributed by atoms with van der Waals surface area (Å²) in [5, 5.41) is 0.150. The van der Waals surface area contributed by atoms with Gasteiger partial charge >= 0.3 is 5.97 Å². The van der Waals surface area contributed by atoms with Gasteiger partial charge in [-0.1, -0.05) is 54.5 Å². The van der Waals surface area contributed by atoms with Gasteiger partial charge in [0.1, 0.15) is 0 Å². The molecule has 31 heavy (non-hydrogen) atoms. The summed E-state index contributed by atoms with van der Waals surface area (Å²) in [5.41, 5.74) is 0. The molecular formula is C24H48O5Si2. The van der Waals surface area contributed by atoms with Crippen molar-refractivity contribution in [3.05, 3.63) is 12.7 Å². The summed E-state index contributed by atoms with van der Waals surface area (Å²) >= 11 is 0. The molecule has 5 nitrogen and oxygen atoms in total. The monoisotopic (exact) mass is 472 g/mol. The van der Waals surface area contributed by atoms with E-state index in [9.17, 15) is 4.79 Å². The molecule has 0 amide bonds. The van der Waals surface area contributed by atoms with Crippen LogP contribution in [0, 0.1) is 5.92 Å². The Morgan fingerprint density at radius 2 is 1.48 bits per heavy atom. The van der Waals surface area contributed by atoms with Crippen molar-refractivity contribution in [2.24, 2.45) is 5.92 Å². The number of esters is 1. The first-order chi connectivity index (χ1) is 13.9. The van der Waals surface area contributed by atoms with Gasteiger partial charge in [0.05, 0.1) is 37.9 Å². The van der Waals surface area contributed by atoms with Crippen molar-refractivity contribution in [3.8, 4) is 0 Å². The van der Waals surface area contributed by atoms with E-state index in [1.54, 1.807) is 0 Å². The highest BCUT2D eigenvalue weighted by atomic mass is 28.4. The van der Waals surface area contributed by atoms with Crippen LogP contribution in [0.4, 0.5) is 0 Å². The van der Waals surface area contributed by atoms with Crippen molar-refractivity contribution in [2.45, 2.75) is 122 Å². The fourth-order valence-corrected chi connectivity index (χ4v) is 5.96. The van der Waals surface area contributed by atoms with Crippen LogP contribution < -0.4 is 0 Å². The second-order valence-electron chi connectivity index (χ2n) is 12.1. The Balaban J connectivity index is 3.31. The predicted molar refractivity (Wildman–Crippen MR) is 133 cm³/mol. The molecule has 5 atom stereocenters. The van der Waals surface area contributed by atoms with Crippen LogP contribution in [0.1, 0.15) is 61.3 Å². The van der Waals surface area contributed by atoms with Gasteiger partial charge in [-0.15, -0.1) is 6.58 Å². The fraction of sp³-hybridized carbons (Fsp3) is 0.875. The summed E-state index contributed by atoms with van der Waals surface area (Å²) in [6, 6.07) is 0. The third-order valence-electron chi connectivity index (χ3n) is 7.57. The highest BCUT2D eigenvalue weighted by Gasteiger charge is 2.49. The van der Waals surface area contributed by atoms with Crippen molar-refractivity contribution >= 4 is 22.6 Å². The molecule has 0 aliphatic carbocycles. The highest BCUT2D eigenvalue weighted by Crippen LogP contribution is 2.43. The minimum Gasteiger partial charge on any atom is -0.469 e. The van der Waals surface area contributed by atoms with E-state index in [1.165, 1.54) is 7.11 Å². The van der Waals surface area contributed by atoms with E-state index < -0.39 is 16.6 Å². The lowest BCUT2D eigenvalue weighted by Gasteiger charge is -2.50. The molecule has 0 aromatic heterocycles. The maximum Gasteiger partial charge on any atom is 0.308 e. The molecule has 0 unspecified atom stereocenters. The van der Waals surface area contributed by atoms with Crippen LogP contribution in [0.3, 0.4) is 0 Å². The average molecular weight is 473 g/mol. The summed E-state index contributed by atoms with van der Waals surface area (Å²) in [7, 11) is -2.68. The van der Waals surface area contributed by atoms with Crippen LogP contribution in [0.15, 0.2) is 12.7 Å². The number of hydrogen-bond acceptors (Lipinski definition) is 5. The predicted octanol–water partition coefficient (Wildman–Crippen LogP) is 6.31. The topological polar surface area (TPSA) is 54.0 Å². The van der Waals surface area contributed by atoms with Gasteiger partial charge in [0, 0.05) is 12.3 Å². The summed E-state index contributed by atoms with van der Waals surface area (Å²) < 4.78 is 25.2. The Labute approximate surface area is 193 Å². The first-order valence-corrected chi connectivity index (χ1v) is 17.4. The van der Waals surface area contributed by atoms with Gasteiger partial charge < -0.3 is 18.3 Å². The van der Waals surface area contributed by atoms with Crippen LogP contribution in [-0.2, 0) is 23.1 Å². The second kappa shape index (κ2) is 10.2. The van der Waals surface area contributed by atoms with E-state index in [0.717, 1.165) is 0 Å². The van der Waals surface area contributed by atoms with E-state index in [0.29, 0.717) is 6.42 Å². The Morgan fingerprint density at radius 1 is 1.03 bits per heavy atom. The zero-order valence-corrected chi connectivity index (χ0v) is 24.1. The molecule has 7 heteroatoms. The molecule has 0 radical (unpaired) electrons. The molecule has 0 N–H and O–H groups in total. The van der Waals surface area contributed by atoms with Crippen molar-refractivity contribution in [1.29, 1.82) is 0 Å². The fourth-order valence-electron chi connectivity index (χ4n) is 3.27. The average Bonchev–Trinajstić information content (AvgIpc) is 2.60. The van der Waals surface area contributed by atoms with Gasteiger partial charge in [0.15, 0.2) is 16.6 Å². The summed E-state index contributed by atoms with van der Waals surface area (Å²) in [6.07, 6.45) is 1.98.